The fraction of sp³-hybridized carbons (Fsp3) is 0.600. The van der Waals surface area contributed by atoms with Crippen molar-refractivity contribution < 1.29 is 13.2 Å². The Kier molecular flexibility index (Phi) is 5.75. The zero-order valence-electron chi connectivity index (χ0n) is 12.6. The summed E-state index contributed by atoms with van der Waals surface area (Å²) in [5, 5.41) is 3.07. The summed E-state index contributed by atoms with van der Waals surface area (Å²) in [6.45, 7) is 0.736. The number of nitrogens with one attached hydrogen (secondary N) is 2. The maximum absolute atomic E-state index is 12.3. The summed E-state index contributed by atoms with van der Waals surface area (Å²) in [6, 6.07) is 7.67. The van der Waals surface area contributed by atoms with Gasteiger partial charge in [0.15, 0.2) is 0 Å². The van der Waals surface area contributed by atoms with Gasteiger partial charge in [-0.05, 0) is 37.4 Å². The number of rotatable bonds is 7. The molecule has 1 aliphatic rings. The molecule has 2 atom stereocenters. The molecule has 2 unspecified atom stereocenters. The lowest BCUT2D eigenvalue weighted by molar-refractivity contribution is 0.107. The Morgan fingerprint density at radius 3 is 2.71 bits per heavy atom. The molecular formula is C15H24N2O3S. The van der Waals surface area contributed by atoms with Crippen LogP contribution in [-0.4, -0.2) is 34.7 Å². The van der Waals surface area contributed by atoms with Crippen molar-refractivity contribution in [1.82, 2.24) is 10.0 Å². The first-order valence-corrected chi connectivity index (χ1v) is 8.93. The predicted molar refractivity (Wildman–Crippen MR) is 83.4 cm³/mol. The number of ether oxygens (including phenoxy) is 1. The monoisotopic (exact) mass is 312 g/mol. The van der Waals surface area contributed by atoms with Crippen molar-refractivity contribution in [3.63, 3.8) is 0 Å². The van der Waals surface area contributed by atoms with Crippen molar-refractivity contribution in [2.24, 2.45) is 0 Å². The van der Waals surface area contributed by atoms with Crippen molar-refractivity contribution in [1.29, 1.82) is 0 Å². The largest absolute Gasteiger partial charge is 0.381 e. The van der Waals surface area contributed by atoms with Gasteiger partial charge in [-0.15, -0.1) is 0 Å². The van der Waals surface area contributed by atoms with Gasteiger partial charge < -0.3 is 10.1 Å². The molecule has 6 heteroatoms. The lowest BCUT2D eigenvalue weighted by Gasteiger charge is -2.14. The second-order valence-corrected chi connectivity index (χ2v) is 7.35. The van der Waals surface area contributed by atoms with E-state index in [0.29, 0.717) is 0 Å². The van der Waals surface area contributed by atoms with E-state index in [9.17, 15) is 8.42 Å². The molecule has 0 spiro atoms. The van der Waals surface area contributed by atoms with Crippen molar-refractivity contribution in [3.8, 4) is 0 Å². The van der Waals surface area contributed by atoms with Gasteiger partial charge in [0.05, 0.1) is 11.9 Å². The summed E-state index contributed by atoms with van der Waals surface area (Å²) in [5.74, 6) is 0.0265. The first-order valence-electron chi connectivity index (χ1n) is 7.27. The molecule has 0 saturated heterocycles. The summed E-state index contributed by atoms with van der Waals surface area (Å²) in [4.78, 5) is 0. The van der Waals surface area contributed by atoms with Crippen LogP contribution in [0.3, 0.4) is 0 Å². The van der Waals surface area contributed by atoms with Crippen LogP contribution >= 0.6 is 0 Å². The van der Waals surface area contributed by atoms with Gasteiger partial charge in [-0.1, -0.05) is 24.3 Å². The third kappa shape index (κ3) is 5.07. The van der Waals surface area contributed by atoms with Gasteiger partial charge in [0.25, 0.3) is 0 Å². The highest BCUT2D eigenvalue weighted by atomic mass is 32.2. The SMILES string of the molecule is CNCc1cccc(CS(=O)(=O)NC2CCC(OC)C2)c1. The molecule has 1 saturated carbocycles. The van der Waals surface area contributed by atoms with Crippen molar-refractivity contribution in [2.75, 3.05) is 14.2 Å². The first-order chi connectivity index (χ1) is 10.0. The standard InChI is InChI=1S/C15H24N2O3S/c1-16-10-12-4-3-5-13(8-12)11-21(18,19)17-14-6-7-15(9-14)20-2/h3-5,8,14-17H,6-7,9-11H2,1-2H3. The Balaban J connectivity index is 1.96. The molecule has 0 heterocycles. The molecule has 1 aromatic carbocycles. The zero-order chi connectivity index (χ0) is 15.3. The second-order valence-electron chi connectivity index (χ2n) is 5.59. The second kappa shape index (κ2) is 7.35. The number of hydrogen-bond donors (Lipinski definition) is 2. The Morgan fingerprint density at radius 2 is 2.05 bits per heavy atom. The van der Waals surface area contributed by atoms with Crippen LogP contribution in [0.2, 0.25) is 0 Å². The highest BCUT2D eigenvalue weighted by Crippen LogP contribution is 2.22. The normalized spacial score (nSPS) is 22.6. The van der Waals surface area contributed by atoms with Crippen molar-refractivity contribution in [3.05, 3.63) is 35.4 Å². The van der Waals surface area contributed by atoms with E-state index in [1.54, 1.807) is 7.11 Å². The summed E-state index contributed by atoms with van der Waals surface area (Å²) in [7, 11) is 0.240. The van der Waals surface area contributed by atoms with E-state index in [1.165, 1.54) is 0 Å². The minimum absolute atomic E-state index is 0.000408. The van der Waals surface area contributed by atoms with Crippen LogP contribution in [0.1, 0.15) is 30.4 Å². The number of sulfonamides is 1. The Labute approximate surface area is 127 Å². The quantitative estimate of drug-likeness (QED) is 0.798. The molecular weight excluding hydrogens is 288 g/mol. The summed E-state index contributed by atoms with van der Waals surface area (Å²) < 4.78 is 32.6. The van der Waals surface area contributed by atoms with E-state index in [0.717, 1.165) is 36.9 Å². The first kappa shape index (κ1) is 16.4. The molecule has 0 amide bonds. The Bertz CT molecular complexity index is 560. The molecule has 21 heavy (non-hydrogen) atoms. The van der Waals surface area contributed by atoms with Gasteiger partial charge in [-0.3, -0.25) is 0 Å². The molecule has 0 radical (unpaired) electrons. The van der Waals surface area contributed by atoms with E-state index in [4.69, 9.17) is 4.74 Å². The van der Waals surface area contributed by atoms with Gasteiger partial charge in [0.1, 0.15) is 0 Å². The highest BCUT2D eigenvalue weighted by Gasteiger charge is 2.27. The molecule has 118 valence electrons. The molecule has 1 fully saturated rings. The van der Waals surface area contributed by atoms with Gasteiger partial charge in [-0.2, -0.15) is 0 Å². The third-order valence-electron chi connectivity index (χ3n) is 3.79. The number of hydrogen-bond acceptors (Lipinski definition) is 4. The van der Waals surface area contributed by atoms with Gasteiger partial charge in [0, 0.05) is 19.7 Å². The van der Waals surface area contributed by atoms with Crippen LogP contribution in [0.5, 0.6) is 0 Å². The van der Waals surface area contributed by atoms with Crippen LogP contribution in [-0.2, 0) is 27.1 Å². The highest BCUT2D eigenvalue weighted by molar-refractivity contribution is 7.88. The minimum Gasteiger partial charge on any atom is -0.381 e. The van der Waals surface area contributed by atoms with Crippen molar-refractivity contribution in [2.45, 2.75) is 43.7 Å². The van der Waals surface area contributed by atoms with Gasteiger partial charge in [-0.25, -0.2) is 13.1 Å². The molecule has 0 aliphatic heterocycles. The lowest BCUT2D eigenvalue weighted by atomic mass is 10.1. The smallest absolute Gasteiger partial charge is 0.216 e. The minimum atomic E-state index is -3.31. The summed E-state index contributed by atoms with van der Waals surface area (Å²) >= 11 is 0. The van der Waals surface area contributed by atoms with Crippen molar-refractivity contribution >= 4 is 10.0 Å². The van der Waals surface area contributed by atoms with Crippen LogP contribution in [0.4, 0.5) is 0 Å². The lowest BCUT2D eigenvalue weighted by Crippen LogP contribution is -2.34. The number of methoxy groups -OCH3 is 1. The maximum atomic E-state index is 12.3. The zero-order valence-corrected chi connectivity index (χ0v) is 13.4. The summed E-state index contributed by atoms with van der Waals surface area (Å²) in [5.41, 5.74) is 1.90. The van der Waals surface area contributed by atoms with Gasteiger partial charge >= 0.3 is 0 Å². The molecule has 1 aliphatic carbocycles. The fourth-order valence-corrected chi connectivity index (χ4v) is 4.23. The number of benzene rings is 1. The average molecular weight is 312 g/mol. The molecule has 1 aromatic rings. The summed E-state index contributed by atoms with van der Waals surface area (Å²) in [6.07, 6.45) is 2.70. The molecule has 2 rings (SSSR count). The topological polar surface area (TPSA) is 67.4 Å². The Hall–Kier alpha value is -0.950. The molecule has 0 aromatic heterocycles. The molecule has 0 bridgehead atoms. The van der Waals surface area contributed by atoms with E-state index >= 15 is 0 Å². The van der Waals surface area contributed by atoms with E-state index in [1.807, 2.05) is 31.3 Å². The van der Waals surface area contributed by atoms with Gasteiger partial charge in [0.2, 0.25) is 10.0 Å². The van der Waals surface area contributed by atoms with Crippen LogP contribution in [0.15, 0.2) is 24.3 Å². The van der Waals surface area contributed by atoms with Crippen LogP contribution < -0.4 is 10.0 Å². The maximum Gasteiger partial charge on any atom is 0.216 e. The van der Waals surface area contributed by atoms with E-state index < -0.39 is 10.0 Å². The molecule has 5 nitrogen and oxygen atoms in total. The fourth-order valence-electron chi connectivity index (χ4n) is 2.81. The van der Waals surface area contributed by atoms with E-state index in [2.05, 4.69) is 10.0 Å². The average Bonchev–Trinajstić information content (AvgIpc) is 2.85. The molecule has 2 N–H and O–H groups in total. The Morgan fingerprint density at radius 1 is 1.29 bits per heavy atom. The van der Waals surface area contributed by atoms with Crippen LogP contribution in [0.25, 0.3) is 0 Å². The third-order valence-corrected chi connectivity index (χ3v) is 5.20. The van der Waals surface area contributed by atoms with E-state index in [-0.39, 0.29) is 17.9 Å². The van der Waals surface area contributed by atoms with Crippen LogP contribution in [0, 0.1) is 0 Å². The predicted octanol–water partition coefficient (Wildman–Crippen LogP) is 1.39.